The van der Waals surface area contributed by atoms with Crippen molar-refractivity contribution in [2.24, 2.45) is 0 Å². The number of carbonyl (C=O) groups is 1. The molecule has 0 saturated carbocycles. The maximum atomic E-state index is 11.3. The highest BCUT2D eigenvalue weighted by atomic mass is 16.5. The molecule has 1 aromatic carbocycles. The van der Waals surface area contributed by atoms with Crippen molar-refractivity contribution in [2.45, 2.75) is 6.42 Å². The summed E-state index contributed by atoms with van der Waals surface area (Å²) in [5.41, 5.74) is 0.939. The zero-order valence-corrected chi connectivity index (χ0v) is 8.43. The number of esters is 1. The van der Waals surface area contributed by atoms with Crippen LogP contribution in [0.4, 0.5) is 0 Å². The van der Waals surface area contributed by atoms with Gasteiger partial charge in [0.2, 0.25) is 0 Å². The molecule has 1 rings (SSSR count). The molecule has 1 aromatic rings. The van der Waals surface area contributed by atoms with Crippen molar-refractivity contribution in [3.8, 4) is 0 Å². The lowest BCUT2D eigenvalue weighted by Gasteiger charge is -2.01. The van der Waals surface area contributed by atoms with E-state index < -0.39 is 0 Å². The zero-order valence-electron chi connectivity index (χ0n) is 8.43. The molecule has 0 saturated heterocycles. The highest BCUT2D eigenvalue weighted by molar-refractivity contribution is 5.72. The van der Waals surface area contributed by atoms with Gasteiger partial charge in [0.1, 0.15) is 6.61 Å². The van der Waals surface area contributed by atoms with Crippen LogP contribution in [0.2, 0.25) is 0 Å². The SMILES string of the molecule is O=C(Cc1ccccc1)OCC=CCO. The summed E-state index contributed by atoms with van der Waals surface area (Å²) in [5, 5.41) is 8.44. The number of ether oxygens (including phenoxy) is 1. The minimum Gasteiger partial charge on any atom is -0.461 e. The minimum atomic E-state index is -0.260. The monoisotopic (exact) mass is 206 g/mol. The van der Waals surface area contributed by atoms with Crippen molar-refractivity contribution < 1.29 is 14.6 Å². The highest BCUT2D eigenvalue weighted by Crippen LogP contribution is 2.00. The number of aliphatic hydroxyl groups excluding tert-OH is 1. The summed E-state index contributed by atoms with van der Waals surface area (Å²) in [4.78, 5) is 11.3. The van der Waals surface area contributed by atoms with Gasteiger partial charge in [0, 0.05) is 0 Å². The molecule has 3 heteroatoms. The number of hydrogen-bond donors (Lipinski definition) is 1. The van der Waals surface area contributed by atoms with Crippen molar-refractivity contribution in [1.82, 2.24) is 0 Å². The summed E-state index contributed by atoms with van der Waals surface area (Å²) in [7, 11) is 0. The summed E-state index contributed by atoms with van der Waals surface area (Å²) < 4.78 is 4.91. The van der Waals surface area contributed by atoms with Gasteiger partial charge in [0.15, 0.2) is 0 Å². The maximum Gasteiger partial charge on any atom is 0.310 e. The molecule has 0 atom stereocenters. The molecule has 80 valence electrons. The largest absolute Gasteiger partial charge is 0.461 e. The first kappa shape index (κ1) is 11.5. The van der Waals surface area contributed by atoms with Crippen molar-refractivity contribution >= 4 is 5.97 Å². The van der Waals surface area contributed by atoms with E-state index in [0.717, 1.165) is 5.56 Å². The van der Waals surface area contributed by atoms with E-state index in [1.165, 1.54) is 6.08 Å². The molecule has 0 aliphatic heterocycles. The summed E-state index contributed by atoms with van der Waals surface area (Å²) in [6.45, 7) is 0.183. The van der Waals surface area contributed by atoms with Gasteiger partial charge in [-0.05, 0) is 11.6 Å². The van der Waals surface area contributed by atoms with Crippen molar-refractivity contribution in [2.75, 3.05) is 13.2 Å². The quantitative estimate of drug-likeness (QED) is 0.584. The van der Waals surface area contributed by atoms with Crippen molar-refractivity contribution in [3.63, 3.8) is 0 Å². The molecule has 0 aromatic heterocycles. The molecular formula is C12H14O3. The van der Waals surface area contributed by atoms with Crippen molar-refractivity contribution in [3.05, 3.63) is 48.0 Å². The van der Waals surface area contributed by atoms with E-state index in [4.69, 9.17) is 9.84 Å². The zero-order chi connectivity index (χ0) is 10.9. The molecule has 0 amide bonds. The Bertz CT molecular complexity index is 317. The lowest BCUT2D eigenvalue weighted by atomic mass is 10.2. The molecule has 1 N–H and O–H groups in total. The Morgan fingerprint density at radius 2 is 2.00 bits per heavy atom. The number of benzene rings is 1. The Morgan fingerprint density at radius 1 is 1.27 bits per heavy atom. The van der Waals surface area contributed by atoms with Gasteiger partial charge in [0.25, 0.3) is 0 Å². The van der Waals surface area contributed by atoms with Gasteiger partial charge in [-0.15, -0.1) is 0 Å². The Morgan fingerprint density at radius 3 is 2.67 bits per heavy atom. The number of hydrogen-bond acceptors (Lipinski definition) is 3. The van der Waals surface area contributed by atoms with Gasteiger partial charge in [-0.3, -0.25) is 4.79 Å². The molecule has 0 radical (unpaired) electrons. The molecule has 3 nitrogen and oxygen atoms in total. The average molecular weight is 206 g/mol. The van der Waals surface area contributed by atoms with Gasteiger partial charge >= 0.3 is 5.97 Å². The second kappa shape index (κ2) is 6.79. The maximum absolute atomic E-state index is 11.3. The van der Waals surface area contributed by atoms with Crippen LogP contribution >= 0.6 is 0 Å². The minimum absolute atomic E-state index is 0.0315. The molecule has 0 spiro atoms. The fourth-order valence-corrected chi connectivity index (χ4v) is 1.10. The van der Waals surface area contributed by atoms with E-state index in [9.17, 15) is 4.79 Å². The van der Waals surface area contributed by atoms with Crippen LogP contribution in [-0.2, 0) is 16.0 Å². The van der Waals surface area contributed by atoms with E-state index >= 15 is 0 Å². The predicted molar refractivity (Wildman–Crippen MR) is 57.3 cm³/mol. The van der Waals surface area contributed by atoms with E-state index in [1.807, 2.05) is 30.3 Å². The van der Waals surface area contributed by atoms with Crippen LogP contribution in [0.1, 0.15) is 5.56 Å². The van der Waals surface area contributed by atoms with Gasteiger partial charge < -0.3 is 9.84 Å². The molecule has 0 aliphatic rings. The van der Waals surface area contributed by atoms with Gasteiger partial charge in [-0.2, -0.15) is 0 Å². The van der Waals surface area contributed by atoms with Crippen LogP contribution < -0.4 is 0 Å². The number of rotatable bonds is 5. The summed E-state index contributed by atoms with van der Waals surface area (Å²) in [5.74, 6) is -0.260. The van der Waals surface area contributed by atoms with Crippen molar-refractivity contribution in [1.29, 1.82) is 0 Å². The molecule has 0 fully saturated rings. The van der Waals surface area contributed by atoms with E-state index in [2.05, 4.69) is 0 Å². The first-order chi connectivity index (χ1) is 7.33. The molecule has 15 heavy (non-hydrogen) atoms. The van der Waals surface area contributed by atoms with Crippen LogP contribution in [0.15, 0.2) is 42.5 Å². The van der Waals surface area contributed by atoms with Gasteiger partial charge in [-0.25, -0.2) is 0 Å². The van der Waals surface area contributed by atoms with E-state index in [-0.39, 0.29) is 25.6 Å². The second-order valence-electron chi connectivity index (χ2n) is 3.00. The molecule has 0 aliphatic carbocycles. The molecule has 0 heterocycles. The standard InChI is InChI=1S/C12H14O3/c13-8-4-5-9-15-12(14)10-11-6-2-1-3-7-11/h1-7,13H,8-10H2. The second-order valence-corrected chi connectivity index (χ2v) is 3.00. The average Bonchev–Trinajstić information content (AvgIpc) is 2.26. The summed E-state index contributed by atoms with van der Waals surface area (Å²) in [6.07, 6.45) is 3.44. The normalized spacial score (nSPS) is 10.5. The Balaban J connectivity index is 2.28. The van der Waals surface area contributed by atoms with E-state index in [1.54, 1.807) is 6.08 Å². The third kappa shape index (κ3) is 4.98. The van der Waals surface area contributed by atoms with Crippen LogP contribution in [0.25, 0.3) is 0 Å². The lowest BCUT2D eigenvalue weighted by Crippen LogP contribution is -2.07. The number of aliphatic hydroxyl groups is 1. The first-order valence-electron chi connectivity index (χ1n) is 4.78. The Kier molecular flexibility index (Phi) is 5.19. The third-order valence-corrected chi connectivity index (χ3v) is 1.80. The fraction of sp³-hybridized carbons (Fsp3) is 0.250. The highest BCUT2D eigenvalue weighted by Gasteiger charge is 2.02. The van der Waals surface area contributed by atoms with Gasteiger partial charge in [-0.1, -0.05) is 36.4 Å². The van der Waals surface area contributed by atoms with Crippen LogP contribution in [0.5, 0.6) is 0 Å². The Labute approximate surface area is 89.0 Å². The molecular weight excluding hydrogens is 192 g/mol. The fourth-order valence-electron chi connectivity index (χ4n) is 1.10. The molecule has 0 bridgehead atoms. The Hall–Kier alpha value is -1.61. The smallest absolute Gasteiger partial charge is 0.310 e. The first-order valence-corrected chi connectivity index (χ1v) is 4.78. The third-order valence-electron chi connectivity index (χ3n) is 1.80. The summed E-state index contributed by atoms with van der Waals surface area (Å²) >= 11 is 0. The predicted octanol–water partition coefficient (Wildman–Crippen LogP) is 1.32. The van der Waals surface area contributed by atoms with E-state index in [0.29, 0.717) is 0 Å². The van der Waals surface area contributed by atoms with Crippen LogP contribution in [0, 0.1) is 0 Å². The summed E-state index contributed by atoms with van der Waals surface area (Å²) in [6, 6.07) is 9.43. The van der Waals surface area contributed by atoms with Gasteiger partial charge in [0.05, 0.1) is 13.0 Å². The molecule has 0 unspecified atom stereocenters. The lowest BCUT2D eigenvalue weighted by molar-refractivity contribution is -0.141. The van der Waals surface area contributed by atoms with Crippen LogP contribution in [-0.4, -0.2) is 24.3 Å². The number of carbonyl (C=O) groups excluding carboxylic acids is 1. The topological polar surface area (TPSA) is 46.5 Å². The van der Waals surface area contributed by atoms with Crippen LogP contribution in [0.3, 0.4) is 0 Å².